The minimum absolute atomic E-state index is 0.143. The second-order valence-electron chi connectivity index (χ2n) is 5.51. The van der Waals surface area contributed by atoms with E-state index in [1.165, 1.54) is 0 Å². The largest absolute Gasteiger partial charge is 0.481 e. The molecule has 1 aliphatic rings. The number of likely N-dealkylation sites (tertiary alicyclic amines) is 1. The van der Waals surface area contributed by atoms with Crippen molar-refractivity contribution in [3.8, 4) is 0 Å². The smallest absolute Gasteiger partial charge is 0.315 e. The zero-order valence-electron chi connectivity index (χ0n) is 12.5. The van der Waals surface area contributed by atoms with Crippen LogP contribution in [-0.4, -0.2) is 54.2 Å². The molecule has 1 aliphatic heterocycles. The van der Waals surface area contributed by atoms with Crippen molar-refractivity contribution in [2.45, 2.75) is 45.6 Å². The first-order chi connectivity index (χ1) is 9.52. The molecule has 0 bridgehead atoms. The van der Waals surface area contributed by atoms with Gasteiger partial charge in [-0.1, -0.05) is 13.8 Å². The number of rotatable bonds is 7. The summed E-state index contributed by atoms with van der Waals surface area (Å²) >= 11 is 0. The summed E-state index contributed by atoms with van der Waals surface area (Å²) in [5.74, 6) is -1.13. The Morgan fingerprint density at radius 1 is 1.45 bits per heavy atom. The molecule has 116 valence electrons. The van der Waals surface area contributed by atoms with E-state index in [2.05, 4.69) is 22.5 Å². The van der Waals surface area contributed by atoms with Gasteiger partial charge < -0.3 is 20.6 Å². The van der Waals surface area contributed by atoms with Gasteiger partial charge in [-0.3, -0.25) is 4.79 Å². The quantitative estimate of drug-likeness (QED) is 0.615. The first-order valence-electron chi connectivity index (χ1n) is 7.52. The van der Waals surface area contributed by atoms with Crippen LogP contribution in [0.1, 0.15) is 39.5 Å². The Bertz CT molecular complexity index is 323. The van der Waals surface area contributed by atoms with E-state index >= 15 is 0 Å². The maximum Gasteiger partial charge on any atom is 0.315 e. The number of carboxylic acids is 1. The summed E-state index contributed by atoms with van der Waals surface area (Å²) in [4.78, 5) is 24.7. The molecule has 2 unspecified atom stereocenters. The Labute approximate surface area is 120 Å². The lowest BCUT2D eigenvalue weighted by atomic mass is 10.1. The van der Waals surface area contributed by atoms with Crippen molar-refractivity contribution in [3.05, 3.63) is 0 Å². The van der Waals surface area contributed by atoms with Gasteiger partial charge in [0, 0.05) is 19.1 Å². The van der Waals surface area contributed by atoms with Crippen molar-refractivity contribution >= 4 is 12.0 Å². The summed E-state index contributed by atoms with van der Waals surface area (Å²) in [5.41, 5.74) is 0. The number of urea groups is 1. The highest BCUT2D eigenvalue weighted by Crippen LogP contribution is 2.09. The van der Waals surface area contributed by atoms with Crippen LogP contribution in [0.2, 0.25) is 0 Å². The molecular weight excluding hydrogens is 258 g/mol. The third-order valence-electron chi connectivity index (χ3n) is 3.81. The molecule has 0 aromatic heterocycles. The van der Waals surface area contributed by atoms with Crippen LogP contribution in [0.3, 0.4) is 0 Å². The van der Waals surface area contributed by atoms with E-state index in [1.54, 1.807) is 6.92 Å². The molecule has 3 N–H and O–H groups in total. The number of piperidine rings is 1. The topological polar surface area (TPSA) is 81.7 Å². The molecule has 6 nitrogen and oxygen atoms in total. The van der Waals surface area contributed by atoms with Gasteiger partial charge in [0.25, 0.3) is 0 Å². The molecule has 1 heterocycles. The molecule has 2 atom stereocenters. The number of carbonyl (C=O) groups excluding carboxylic acids is 1. The summed E-state index contributed by atoms with van der Waals surface area (Å²) < 4.78 is 0. The van der Waals surface area contributed by atoms with Crippen LogP contribution in [0.4, 0.5) is 4.79 Å². The Balaban J connectivity index is 2.12. The monoisotopic (exact) mass is 285 g/mol. The standard InChI is InChI=1S/C14H27N3O3/c1-3-17-9-5-7-12(10-17)16-14(20)15-8-4-6-11(2)13(18)19/h11-12H,3-10H2,1-2H3,(H,18,19)(H2,15,16,20). The van der Waals surface area contributed by atoms with Crippen molar-refractivity contribution < 1.29 is 14.7 Å². The van der Waals surface area contributed by atoms with Gasteiger partial charge in [-0.15, -0.1) is 0 Å². The zero-order valence-corrected chi connectivity index (χ0v) is 12.5. The highest BCUT2D eigenvalue weighted by atomic mass is 16.4. The van der Waals surface area contributed by atoms with Crippen molar-refractivity contribution in [1.29, 1.82) is 0 Å². The molecule has 2 amide bonds. The first-order valence-corrected chi connectivity index (χ1v) is 7.52. The first kappa shape index (κ1) is 16.8. The van der Waals surface area contributed by atoms with Crippen LogP contribution in [0.25, 0.3) is 0 Å². The number of aliphatic carboxylic acids is 1. The minimum atomic E-state index is -0.781. The number of likely N-dealkylation sites (N-methyl/N-ethyl adjacent to an activating group) is 1. The molecule has 0 spiro atoms. The highest BCUT2D eigenvalue weighted by Gasteiger charge is 2.20. The number of hydrogen-bond donors (Lipinski definition) is 3. The Hall–Kier alpha value is -1.30. The number of hydrogen-bond acceptors (Lipinski definition) is 3. The second kappa shape index (κ2) is 8.79. The minimum Gasteiger partial charge on any atom is -0.481 e. The summed E-state index contributed by atoms with van der Waals surface area (Å²) in [6.45, 7) is 7.39. The Morgan fingerprint density at radius 2 is 2.20 bits per heavy atom. The fourth-order valence-electron chi connectivity index (χ4n) is 2.43. The van der Waals surface area contributed by atoms with Crippen LogP contribution < -0.4 is 10.6 Å². The zero-order chi connectivity index (χ0) is 15.0. The van der Waals surface area contributed by atoms with Crippen LogP contribution >= 0.6 is 0 Å². The number of carboxylic acid groups (broad SMARTS) is 1. The van der Waals surface area contributed by atoms with Crippen LogP contribution in [0.15, 0.2) is 0 Å². The van der Waals surface area contributed by atoms with E-state index in [0.29, 0.717) is 19.4 Å². The Morgan fingerprint density at radius 3 is 2.85 bits per heavy atom. The van der Waals surface area contributed by atoms with Crippen molar-refractivity contribution in [3.63, 3.8) is 0 Å². The van der Waals surface area contributed by atoms with Crippen LogP contribution in [0.5, 0.6) is 0 Å². The molecule has 0 aliphatic carbocycles. The van der Waals surface area contributed by atoms with Gasteiger partial charge in [0.15, 0.2) is 0 Å². The molecular formula is C14H27N3O3. The number of nitrogens with one attached hydrogen (secondary N) is 2. The molecule has 1 saturated heterocycles. The van der Waals surface area contributed by atoms with Gasteiger partial charge >= 0.3 is 12.0 Å². The predicted octanol–water partition coefficient (Wildman–Crippen LogP) is 1.27. The predicted molar refractivity (Wildman–Crippen MR) is 77.7 cm³/mol. The normalized spacial score (nSPS) is 21.2. The van der Waals surface area contributed by atoms with E-state index in [9.17, 15) is 9.59 Å². The fraction of sp³-hybridized carbons (Fsp3) is 0.857. The molecule has 6 heteroatoms. The molecule has 0 aromatic rings. The highest BCUT2D eigenvalue weighted by molar-refractivity contribution is 5.74. The summed E-state index contributed by atoms with van der Waals surface area (Å²) in [6.07, 6.45) is 3.42. The molecule has 1 rings (SSSR count). The maximum absolute atomic E-state index is 11.7. The van der Waals surface area contributed by atoms with Gasteiger partial charge in [-0.05, 0) is 38.8 Å². The SMILES string of the molecule is CCN1CCCC(NC(=O)NCCCC(C)C(=O)O)C1. The van der Waals surface area contributed by atoms with Gasteiger partial charge in [-0.25, -0.2) is 4.79 Å². The average Bonchev–Trinajstić information content (AvgIpc) is 2.43. The number of amides is 2. The molecule has 0 radical (unpaired) electrons. The maximum atomic E-state index is 11.7. The molecule has 20 heavy (non-hydrogen) atoms. The number of nitrogens with zero attached hydrogens (tertiary/aromatic N) is 1. The van der Waals surface area contributed by atoms with Gasteiger partial charge in [0.05, 0.1) is 5.92 Å². The van der Waals surface area contributed by atoms with E-state index < -0.39 is 5.97 Å². The van der Waals surface area contributed by atoms with Crippen LogP contribution in [-0.2, 0) is 4.79 Å². The van der Waals surface area contributed by atoms with E-state index in [0.717, 1.165) is 32.5 Å². The summed E-state index contributed by atoms with van der Waals surface area (Å²) in [6, 6.07) is 0.0811. The van der Waals surface area contributed by atoms with Gasteiger partial charge in [0.1, 0.15) is 0 Å². The third kappa shape index (κ3) is 6.23. The summed E-state index contributed by atoms with van der Waals surface area (Å²) in [5, 5.41) is 14.5. The van der Waals surface area contributed by atoms with Crippen molar-refractivity contribution in [2.75, 3.05) is 26.2 Å². The average molecular weight is 285 g/mol. The van der Waals surface area contributed by atoms with E-state index in [4.69, 9.17) is 5.11 Å². The molecule has 1 fully saturated rings. The van der Waals surface area contributed by atoms with Gasteiger partial charge in [-0.2, -0.15) is 0 Å². The lowest BCUT2D eigenvalue weighted by Crippen LogP contribution is -2.50. The fourth-order valence-corrected chi connectivity index (χ4v) is 2.43. The molecule has 0 saturated carbocycles. The third-order valence-corrected chi connectivity index (χ3v) is 3.81. The van der Waals surface area contributed by atoms with Gasteiger partial charge in [0.2, 0.25) is 0 Å². The lowest BCUT2D eigenvalue weighted by molar-refractivity contribution is -0.141. The van der Waals surface area contributed by atoms with E-state index in [-0.39, 0.29) is 18.0 Å². The van der Waals surface area contributed by atoms with Crippen molar-refractivity contribution in [2.24, 2.45) is 5.92 Å². The molecule has 0 aromatic carbocycles. The van der Waals surface area contributed by atoms with Crippen molar-refractivity contribution in [1.82, 2.24) is 15.5 Å². The number of carbonyl (C=O) groups is 2. The van der Waals surface area contributed by atoms with E-state index in [1.807, 2.05) is 0 Å². The summed E-state index contributed by atoms with van der Waals surface area (Å²) in [7, 11) is 0. The Kier molecular flexibility index (Phi) is 7.36. The lowest BCUT2D eigenvalue weighted by Gasteiger charge is -2.32. The van der Waals surface area contributed by atoms with Crippen LogP contribution in [0, 0.1) is 5.92 Å². The second-order valence-corrected chi connectivity index (χ2v) is 5.51.